The summed E-state index contributed by atoms with van der Waals surface area (Å²) in [4.78, 5) is 0. The molecule has 0 N–H and O–H groups in total. The number of rotatable bonds is 7. The van der Waals surface area contributed by atoms with Gasteiger partial charge in [-0.05, 0) is 30.7 Å². The fourth-order valence-electron chi connectivity index (χ4n) is 1.50. The van der Waals surface area contributed by atoms with E-state index in [-0.39, 0.29) is 0 Å². The normalized spacial score (nSPS) is 10.9. The second kappa shape index (κ2) is 7.47. The number of hydrogen-bond acceptors (Lipinski definition) is 1. The maximum Gasteiger partial charge on any atom is 0.0488 e. The van der Waals surface area contributed by atoms with Crippen molar-refractivity contribution in [3.63, 3.8) is 0 Å². The smallest absolute Gasteiger partial charge is 0.0488 e. The van der Waals surface area contributed by atoms with Gasteiger partial charge in [-0.15, -0.1) is 0 Å². The van der Waals surface area contributed by atoms with E-state index in [2.05, 4.69) is 44.2 Å². The average Bonchev–Trinajstić information content (AvgIpc) is 2.24. The van der Waals surface area contributed by atoms with E-state index in [1.807, 2.05) is 0 Å². The molecule has 15 heavy (non-hydrogen) atoms. The van der Waals surface area contributed by atoms with Gasteiger partial charge < -0.3 is 4.74 Å². The van der Waals surface area contributed by atoms with Gasteiger partial charge in [-0.25, -0.2) is 0 Å². The third-order valence-electron chi connectivity index (χ3n) is 2.30. The molecule has 1 heteroatoms. The first-order valence-electron chi connectivity index (χ1n) is 5.90. The van der Waals surface area contributed by atoms with Crippen molar-refractivity contribution in [3.8, 4) is 0 Å². The van der Waals surface area contributed by atoms with E-state index in [0.717, 1.165) is 13.2 Å². The molecule has 0 saturated heterocycles. The van der Waals surface area contributed by atoms with Crippen LogP contribution in [0.2, 0.25) is 0 Å². The predicted molar refractivity (Wildman–Crippen MR) is 65.0 cm³/mol. The van der Waals surface area contributed by atoms with E-state index < -0.39 is 0 Å². The van der Waals surface area contributed by atoms with Crippen molar-refractivity contribution >= 4 is 0 Å². The van der Waals surface area contributed by atoms with Gasteiger partial charge in [0.1, 0.15) is 0 Å². The van der Waals surface area contributed by atoms with E-state index in [4.69, 9.17) is 4.74 Å². The quantitative estimate of drug-likeness (QED) is 0.618. The first-order valence-corrected chi connectivity index (χ1v) is 5.90. The Morgan fingerprint density at radius 1 is 1.07 bits per heavy atom. The van der Waals surface area contributed by atoms with Gasteiger partial charge in [0.25, 0.3) is 0 Å². The largest absolute Gasteiger partial charge is 0.381 e. The van der Waals surface area contributed by atoms with Crippen molar-refractivity contribution in [2.45, 2.75) is 33.1 Å². The number of hydrogen-bond donors (Lipinski definition) is 0. The molecule has 0 bridgehead atoms. The summed E-state index contributed by atoms with van der Waals surface area (Å²) in [5, 5.41) is 0. The highest BCUT2D eigenvalue weighted by atomic mass is 16.5. The van der Waals surface area contributed by atoms with Gasteiger partial charge in [0, 0.05) is 13.2 Å². The van der Waals surface area contributed by atoms with Crippen LogP contribution in [0.3, 0.4) is 0 Å². The lowest BCUT2D eigenvalue weighted by Crippen LogP contribution is -2.03. The summed E-state index contributed by atoms with van der Waals surface area (Å²) in [6.07, 6.45) is 3.57. The Labute approximate surface area is 93.5 Å². The van der Waals surface area contributed by atoms with Crippen LogP contribution < -0.4 is 0 Å². The number of benzene rings is 1. The minimum atomic E-state index is 0.652. The zero-order chi connectivity index (χ0) is 10.9. The Hall–Kier alpha value is -0.820. The maximum absolute atomic E-state index is 5.53. The summed E-state index contributed by atoms with van der Waals surface area (Å²) in [6, 6.07) is 10.6. The van der Waals surface area contributed by atoms with E-state index in [0.29, 0.717) is 5.92 Å². The SMILES string of the molecule is CC(C)COCCCCc1ccccc1. The van der Waals surface area contributed by atoms with Crippen molar-refractivity contribution in [3.05, 3.63) is 35.9 Å². The molecule has 1 rings (SSSR count). The molecule has 0 fully saturated rings. The number of unbranched alkanes of at least 4 members (excludes halogenated alkanes) is 1. The molecule has 0 heterocycles. The van der Waals surface area contributed by atoms with Crippen molar-refractivity contribution in [2.24, 2.45) is 5.92 Å². The summed E-state index contributed by atoms with van der Waals surface area (Å²) in [6.45, 7) is 6.17. The molecule has 0 atom stereocenters. The molecule has 0 aliphatic carbocycles. The summed E-state index contributed by atoms with van der Waals surface area (Å²) >= 11 is 0. The van der Waals surface area contributed by atoms with Crippen molar-refractivity contribution < 1.29 is 4.74 Å². The molecule has 0 saturated carbocycles. The van der Waals surface area contributed by atoms with Crippen LogP contribution in [0, 0.1) is 5.92 Å². The Morgan fingerprint density at radius 3 is 2.47 bits per heavy atom. The van der Waals surface area contributed by atoms with Crippen LogP contribution in [0.25, 0.3) is 0 Å². The second-order valence-electron chi connectivity index (χ2n) is 4.41. The van der Waals surface area contributed by atoms with Crippen molar-refractivity contribution in [2.75, 3.05) is 13.2 Å². The molecule has 1 aromatic rings. The Kier molecular flexibility index (Phi) is 6.10. The minimum absolute atomic E-state index is 0.652. The van der Waals surface area contributed by atoms with Crippen LogP contribution in [0.1, 0.15) is 32.3 Å². The van der Waals surface area contributed by atoms with Crippen LogP contribution in [-0.4, -0.2) is 13.2 Å². The van der Waals surface area contributed by atoms with Gasteiger partial charge in [0.05, 0.1) is 0 Å². The van der Waals surface area contributed by atoms with Crippen LogP contribution >= 0.6 is 0 Å². The molecule has 0 aromatic heterocycles. The van der Waals surface area contributed by atoms with E-state index in [1.54, 1.807) is 0 Å². The number of aryl methyl sites for hydroxylation is 1. The first kappa shape index (κ1) is 12.3. The predicted octanol–water partition coefficient (Wildman–Crippen LogP) is 3.68. The molecular weight excluding hydrogens is 184 g/mol. The van der Waals surface area contributed by atoms with Gasteiger partial charge in [-0.1, -0.05) is 44.2 Å². The zero-order valence-corrected chi connectivity index (χ0v) is 9.91. The van der Waals surface area contributed by atoms with Gasteiger partial charge >= 0.3 is 0 Å². The number of ether oxygens (including phenoxy) is 1. The molecule has 0 spiro atoms. The molecule has 1 aromatic carbocycles. The van der Waals surface area contributed by atoms with Gasteiger partial charge in [0.15, 0.2) is 0 Å². The molecule has 84 valence electrons. The highest BCUT2D eigenvalue weighted by molar-refractivity contribution is 5.14. The fourth-order valence-corrected chi connectivity index (χ4v) is 1.50. The summed E-state index contributed by atoms with van der Waals surface area (Å²) < 4.78 is 5.53. The standard InChI is InChI=1S/C14H22O/c1-13(2)12-15-11-7-6-10-14-8-4-3-5-9-14/h3-5,8-9,13H,6-7,10-12H2,1-2H3. The Balaban J connectivity index is 1.98. The first-order chi connectivity index (χ1) is 7.29. The van der Waals surface area contributed by atoms with Crippen molar-refractivity contribution in [1.82, 2.24) is 0 Å². The lowest BCUT2D eigenvalue weighted by Gasteiger charge is -2.06. The third kappa shape index (κ3) is 6.29. The Morgan fingerprint density at radius 2 is 1.80 bits per heavy atom. The van der Waals surface area contributed by atoms with Gasteiger partial charge in [-0.3, -0.25) is 0 Å². The van der Waals surface area contributed by atoms with Crippen LogP contribution in [0.4, 0.5) is 0 Å². The van der Waals surface area contributed by atoms with Crippen molar-refractivity contribution in [1.29, 1.82) is 0 Å². The van der Waals surface area contributed by atoms with Gasteiger partial charge in [0.2, 0.25) is 0 Å². The minimum Gasteiger partial charge on any atom is -0.381 e. The van der Waals surface area contributed by atoms with Crippen LogP contribution in [-0.2, 0) is 11.2 Å². The second-order valence-corrected chi connectivity index (χ2v) is 4.41. The van der Waals surface area contributed by atoms with E-state index >= 15 is 0 Å². The third-order valence-corrected chi connectivity index (χ3v) is 2.30. The average molecular weight is 206 g/mol. The summed E-state index contributed by atoms with van der Waals surface area (Å²) in [7, 11) is 0. The highest BCUT2D eigenvalue weighted by Gasteiger charge is 1.95. The van der Waals surface area contributed by atoms with E-state index in [1.165, 1.54) is 24.8 Å². The summed E-state index contributed by atoms with van der Waals surface area (Å²) in [5.41, 5.74) is 1.43. The fraction of sp³-hybridized carbons (Fsp3) is 0.571. The highest BCUT2D eigenvalue weighted by Crippen LogP contribution is 2.04. The maximum atomic E-state index is 5.53. The molecule has 0 aliphatic rings. The molecule has 0 unspecified atom stereocenters. The monoisotopic (exact) mass is 206 g/mol. The summed E-state index contributed by atoms with van der Waals surface area (Å²) in [5.74, 6) is 0.652. The topological polar surface area (TPSA) is 9.23 Å². The molecular formula is C14H22O. The zero-order valence-electron chi connectivity index (χ0n) is 9.91. The lowest BCUT2D eigenvalue weighted by molar-refractivity contribution is 0.107. The molecule has 0 amide bonds. The molecule has 0 aliphatic heterocycles. The Bertz CT molecular complexity index is 241. The molecule has 1 nitrogen and oxygen atoms in total. The van der Waals surface area contributed by atoms with Gasteiger partial charge in [-0.2, -0.15) is 0 Å². The van der Waals surface area contributed by atoms with Crippen LogP contribution in [0.5, 0.6) is 0 Å². The van der Waals surface area contributed by atoms with E-state index in [9.17, 15) is 0 Å². The lowest BCUT2D eigenvalue weighted by atomic mass is 10.1. The van der Waals surface area contributed by atoms with Crippen LogP contribution in [0.15, 0.2) is 30.3 Å². The molecule has 0 radical (unpaired) electrons.